The highest BCUT2D eigenvalue weighted by atomic mass is 79.9. The molecular formula is C11H11BrN4OS. The van der Waals surface area contributed by atoms with Gasteiger partial charge in [0.05, 0.1) is 23.8 Å². The van der Waals surface area contributed by atoms with Gasteiger partial charge in [0.15, 0.2) is 5.82 Å². The van der Waals surface area contributed by atoms with Crippen LogP contribution in [0.25, 0.3) is 10.7 Å². The number of hydrazine groups is 1. The van der Waals surface area contributed by atoms with E-state index in [1.807, 2.05) is 11.4 Å². The monoisotopic (exact) mass is 326 g/mol. The summed E-state index contributed by atoms with van der Waals surface area (Å²) in [6, 6.07) is 1.99. The topological polar surface area (TPSA) is 73.1 Å². The number of halogens is 1. The lowest BCUT2D eigenvalue weighted by molar-refractivity contribution is 0.109. The van der Waals surface area contributed by atoms with E-state index in [-0.39, 0.29) is 0 Å². The van der Waals surface area contributed by atoms with E-state index in [4.69, 9.17) is 10.6 Å². The molecule has 2 aromatic heterocycles. The number of aromatic nitrogens is 2. The summed E-state index contributed by atoms with van der Waals surface area (Å²) in [4.78, 5) is 10.1. The van der Waals surface area contributed by atoms with E-state index in [2.05, 4.69) is 31.3 Å². The van der Waals surface area contributed by atoms with Gasteiger partial charge in [0.1, 0.15) is 5.82 Å². The van der Waals surface area contributed by atoms with E-state index in [1.165, 1.54) is 0 Å². The first-order valence-corrected chi connectivity index (χ1v) is 7.14. The van der Waals surface area contributed by atoms with Crippen molar-refractivity contribution in [1.29, 1.82) is 0 Å². The van der Waals surface area contributed by atoms with E-state index in [9.17, 15) is 0 Å². The number of hydrogen-bond donors (Lipinski definition) is 2. The van der Waals surface area contributed by atoms with E-state index < -0.39 is 0 Å². The van der Waals surface area contributed by atoms with Gasteiger partial charge in [-0.25, -0.2) is 15.8 Å². The second-order valence-corrected chi connectivity index (χ2v) is 5.64. The van der Waals surface area contributed by atoms with Gasteiger partial charge in [-0.05, 0) is 27.4 Å². The van der Waals surface area contributed by atoms with Crippen LogP contribution in [-0.2, 0) is 17.8 Å². The molecule has 1 aliphatic heterocycles. The van der Waals surface area contributed by atoms with E-state index in [1.54, 1.807) is 11.3 Å². The maximum Gasteiger partial charge on any atom is 0.173 e. The van der Waals surface area contributed by atoms with Gasteiger partial charge in [-0.3, -0.25) is 0 Å². The van der Waals surface area contributed by atoms with Crippen LogP contribution in [0.3, 0.4) is 0 Å². The van der Waals surface area contributed by atoms with Crippen molar-refractivity contribution in [2.24, 2.45) is 5.84 Å². The molecule has 0 bridgehead atoms. The van der Waals surface area contributed by atoms with Crippen LogP contribution in [0.5, 0.6) is 0 Å². The fourth-order valence-electron chi connectivity index (χ4n) is 1.91. The molecular weight excluding hydrogens is 316 g/mol. The summed E-state index contributed by atoms with van der Waals surface area (Å²) < 4.78 is 6.41. The molecule has 5 nitrogen and oxygen atoms in total. The Bertz CT molecular complexity index is 569. The van der Waals surface area contributed by atoms with Crippen molar-refractivity contribution >= 4 is 33.1 Å². The van der Waals surface area contributed by atoms with Crippen molar-refractivity contribution in [3.8, 4) is 10.7 Å². The van der Waals surface area contributed by atoms with Crippen molar-refractivity contribution in [1.82, 2.24) is 9.97 Å². The Labute approximate surface area is 116 Å². The van der Waals surface area contributed by atoms with Crippen LogP contribution in [-0.4, -0.2) is 16.6 Å². The molecule has 0 radical (unpaired) electrons. The molecule has 1 aliphatic rings. The van der Waals surface area contributed by atoms with Crippen LogP contribution < -0.4 is 11.3 Å². The number of thiophene rings is 1. The third-order valence-electron chi connectivity index (χ3n) is 2.78. The highest BCUT2D eigenvalue weighted by Crippen LogP contribution is 2.33. The second kappa shape index (κ2) is 4.93. The Morgan fingerprint density at radius 2 is 2.33 bits per heavy atom. The number of rotatable bonds is 2. The molecule has 0 spiro atoms. The predicted octanol–water partition coefficient (Wildman–Crippen LogP) is 2.33. The fraction of sp³-hybridized carbons (Fsp3) is 0.273. The third-order valence-corrected chi connectivity index (χ3v) is 4.61. The zero-order chi connectivity index (χ0) is 12.5. The predicted molar refractivity (Wildman–Crippen MR) is 74.2 cm³/mol. The van der Waals surface area contributed by atoms with Crippen molar-refractivity contribution in [2.75, 3.05) is 12.0 Å². The van der Waals surface area contributed by atoms with Crippen LogP contribution in [0.1, 0.15) is 11.3 Å². The molecule has 0 aliphatic carbocycles. The zero-order valence-corrected chi connectivity index (χ0v) is 11.8. The molecule has 18 heavy (non-hydrogen) atoms. The van der Waals surface area contributed by atoms with Gasteiger partial charge in [-0.2, -0.15) is 0 Å². The summed E-state index contributed by atoms with van der Waals surface area (Å²) in [5.41, 5.74) is 4.61. The summed E-state index contributed by atoms with van der Waals surface area (Å²) in [5, 5.41) is 2.00. The smallest absolute Gasteiger partial charge is 0.173 e. The molecule has 0 aromatic carbocycles. The maximum absolute atomic E-state index is 5.53. The van der Waals surface area contributed by atoms with Crippen molar-refractivity contribution in [2.45, 2.75) is 13.0 Å². The van der Waals surface area contributed by atoms with Gasteiger partial charge in [0, 0.05) is 16.5 Å². The first-order valence-electron chi connectivity index (χ1n) is 5.47. The number of nitrogens with two attached hydrogens (primary N) is 1. The molecule has 7 heteroatoms. The first kappa shape index (κ1) is 12.0. The number of nitrogens with one attached hydrogen (secondary N) is 1. The van der Waals surface area contributed by atoms with Gasteiger partial charge in [0.2, 0.25) is 0 Å². The molecule has 3 N–H and O–H groups in total. The van der Waals surface area contributed by atoms with Crippen molar-refractivity contribution in [3.05, 3.63) is 27.2 Å². The second-order valence-electron chi connectivity index (χ2n) is 3.87. The average molecular weight is 327 g/mol. The summed E-state index contributed by atoms with van der Waals surface area (Å²) >= 11 is 5.10. The Hall–Kier alpha value is -1.02. The number of fused-ring (bicyclic) bond motifs is 1. The number of nitrogens with zero attached hydrogens (tertiary/aromatic N) is 2. The molecule has 0 amide bonds. The first-order chi connectivity index (χ1) is 8.79. The average Bonchev–Trinajstić information content (AvgIpc) is 2.83. The van der Waals surface area contributed by atoms with Crippen LogP contribution in [0.4, 0.5) is 5.82 Å². The molecule has 2 aromatic rings. The van der Waals surface area contributed by atoms with Crippen LogP contribution in [0, 0.1) is 0 Å². The van der Waals surface area contributed by atoms with Gasteiger partial charge in [0.25, 0.3) is 0 Å². The summed E-state index contributed by atoms with van der Waals surface area (Å²) in [7, 11) is 0. The van der Waals surface area contributed by atoms with Crippen molar-refractivity contribution in [3.63, 3.8) is 0 Å². The van der Waals surface area contributed by atoms with Gasteiger partial charge >= 0.3 is 0 Å². The maximum atomic E-state index is 5.53. The molecule has 0 saturated heterocycles. The number of nitrogen functional groups attached to an aromatic ring is 1. The zero-order valence-electron chi connectivity index (χ0n) is 9.44. The fourth-order valence-corrected chi connectivity index (χ4v) is 3.39. The SMILES string of the molecule is NNc1nc(-c2sccc2Br)nc2c1COCC2. The molecule has 0 saturated carbocycles. The molecule has 94 valence electrons. The van der Waals surface area contributed by atoms with E-state index in [0.717, 1.165) is 27.0 Å². The minimum Gasteiger partial charge on any atom is -0.376 e. The minimum atomic E-state index is 0.515. The normalized spacial score (nSPS) is 14.3. The van der Waals surface area contributed by atoms with Crippen molar-refractivity contribution < 1.29 is 4.74 Å². The number of anilines is 1. The van der Waals surface area contributed by atoms with Crippen LogP contribution in [0.15, 0.2) is 15.9 Å². The summed E-state index contributed by atoms with van der Waals surface area (Å²) in [6.45, 7) is 1.21. The summed E-state index contributed by atoms with van der Waals surface area (Å²) in [5.74, 6) is 6.88. The molecule has 3 rings (SSSR count). The standard InChI is InChI=1S/C11H11BrN4OS/c12-7-2-4-18-9(7)11-14-8-1-3-17-5-6(8)10(15-11)16-13/h2,4H,1,3,5,13H2,(H,14,15,16). The highest BCUT2D eigenvalue weighted by Gasteiger charge is 2.19. The lowest BCUT2D eigenvalue weighted by Gasteiger charge is -2.18. The highest BCUT2D eigenvalue weighted by molar-refractivity contribution is 9.10. The summed E-state index contributed by atoms with van der Waals surface area (Å²) in [6.07, 6.45) is 0.794. The Morgan fingerprint density at radius 3 is 3.06 bits per heavy atom. The lowest BCUT2D eigenvalue weighted by Crippen LogP contribution is -2.19. The lowest BCUT2D eigenvalue weighted by atomic mass is 10.1. The Balaban J connectivity index is 2.14. The number of ether oxygens (including phenoxy) is 1. The number of hydrogen-bond acceptors (Lipinski definition) is 6. The molecule has 3 heterocycles. The van der Waals surface area contributed by atoms with Crippen LogP contribution in [0.2, 0.25) is 0 Å². The third kappa shape index (κ3) is 2.03. The van der Waals surface area contributed by atoms with Gasteiger partial charge < -0.3 is 10.2 Å². The largest absolute Gasteiger partial charge is 0.376 e. The molecule has 0 unspecified atom stereocenters. The Morgan fingerprint density at radius 1 is 1.44 bits per heavy atom. The van der Waals surface area contributed by atoms with Crippen LogP contribution >= 0.6 is 27.3 Å². The quantitative estimate of drug-likeness (QED) is 0.654. The molecule has 0 fully saturated rings. The van der Waals surface area contributed by atoms with E-state index >= 15 is 0 Å². The van der Waals surface area contributed by atoms with Gasteiger partial charge in [-0.1, -0.05) is 0 Å². The van der Waals surface area contributed by atoms with E-state index in [0.29, 0.717) is 24.9 Å². The van der Waals surface area contributed by atoms with Gasteiger partial charge in [-0.15, -0.1) is 11.3 Å². The minimum absolute atomic E-state index is 0.515. The Kier molecular flexibility index (Phi) is 3.29. The molecule has 0 atom stereocenters.